The van der Waals surface area contributed by atoms with Crippen molar-refractivity contribution in [2.75, 3.05) is 11.9 Å². The van der Waals surface area contributed by atoms with Gasteiger partial charge in [0.25, 0.3) is 0 Å². The number of likely N-dealkylation sites (tertiary alicyclic amines) is 1. The SMILES string of the molecule is Cc1ccc(NC(=O)N2CCC[C@H]2c2cccc(F)c2)cc1Cl. The van der Waals surface area contributed by atoms with Crippen LogP contribution in [0.25, 0.3) is 0 Å². The van der Waals surface area contributed by atoms with Gasteiger partial charge in [-0.3, -0.25) is 0 Å². The molecule has 0 saturated carbocycles. The van der Waals surface area contributed by atoms with Crippen LogP contribution in [-0.4, -0.2) is 17.5 Å². The van der Waals surface area contributed by atoms with Crippen molar-refractivity contribution >= 4 is 23.3 Å². The van der Waals surface area contributed by atoms with Gasteiger partial charge in [-0.25, -0.2) is 9.18 Å². The fourth-order valence-electron chi connectivity index (χ4n) is 2.94. The molecular weight excluding hydrogens is 315 g/mol. The monoisotopic (exact) mass is 332 g/mol. The maximum atomic E-state index is 13.4. The Morgan fingerprint density at radius 2 is 2.13 bits per heavy atom. The van der Waals surface area contributed by atoms with Gasteiger partial charge in [-0.2, -0.15) is 0 Å². The van der Waals surface area contributed by atoms with E-state index in [0.717, 1.165) is 24.0 Å². The minimum absolute atomic E-state index is 0.0911. The third-order valence-electron chi connectivity index (χ3n) is 4.17. The van der Waals surface area contributed by atoms with Crippen molar-refractivity contribution < 1.29 is 9.18 Å². The molecule has 2 aromatic carbocycles. The number of hydrogen-bond donors (Lipinski definition) is 1. The summed E-state index contributed by atoms with van der Waals surface area (Å²) in [7, 11) is 0. The molecule has 1 saturated heterocycles. The van der Waals surface area contributed by atoms with E-state index >= 15 is 0 Å². The Hall–Kier alpha value is -2.07. The summed E-state index contributed by atoms with van der Waals surface area (Å²) in [5.41, 5.74) is 2.46. The topological polar surface area (TPSA) is 32.3 Å². The highest BCUT2D eigenvalue weighted by molar-refractivity contribution is 6.31. The van der Waals surface area contributed by atoms with Gasteiger partial charge in [0, 0.05) is 17.3 Å². The van der Waals surface area contributed by atoms with Crippen LogP contribution in [0, 0.1) is 12.7 Å². The summed E-state index contributed by atoms with van der Waals surface area (Å²) in [5, 5.41) is 3.49. The van der Waals surface area contributed by atoms with Gasteiger partial charge in [0.2, 0.25) is 0 Å². The number of carbonyl (C=O) groups is 1. The quantitative estimate of drug-likeness (QED) is 0.809. The van der Waals surface area contributed by atoms with E-state index in [1.165, 1.54) is 12.1 Å². The molecule has 0 aromatic heterocycles. The lowest BCUT2D eigenvalue weighted by molar-refractivity contribution is 0.207. The lowest BCUT2D eigenvalue weighted by Gasteiger charge is -2.25. The number of carbonyl (C=O) groups excluding carboxylic acids is 1. The summed E-state index contributed by atoms with van der Waals surface area (Å²) in [5.74, 6) is -0.278. The first-order valence-corrected chi connectivity index (χ1v) is 8.01. The molecule has 0 radical (unpaired) electrons. The van der Waals surface area contributed by atoms with Crippen molar-refractivity contribution in [1.29, 1.82) is 0 Å². The van der Waals surface area contributed by atoms with Crippen molar-refractivity contribution in [3.63, 3.8) is 0 Å². The summed E-state index contributed by atoms with van der Waals surface area (Å²) in [6.07, 6.45) is 1.74. The van der Waals surface area contributed by atoms with E-state index in [1.807, 2.05) is 25.1 Å². The lowest BCUT2D eigenvalue weighted by atomic mass is 10.0. The summed E-state index contributed by atoms with van der Waals surface area (Å²) < 4.78 is 13.4. The van der Waals surface area contributed by atoms with E-state index in [2.05, 4.69) is 5.32 Å². The van der Waals surface area contributed by atoms with E-state index in [0.29, 0.717) is 17.3 Å². The highest BCUT2D eigenvalue weighted by atomic mass is 35.5. The van der Waals surface area contributed by atoms with Crippen LogP contribution in [0.1, 0.15) is 30.0 Å². The van der Waals surface area contributed by atoms with Crippen LogP contribution in [0.15, 0.2) is 42.5 Å². The number of benzene rings is 2. The molecule has 2 aromatic rings. The molecule has 0 unspecified atom stereocenters. The molecule has 3 nitrogen and oxygen atoms in total. The van der Waals surface area contributed by atoms with Crippen molar-refractivity contribution in [1.82, 2.24) is 4.90 Å². The van der Waals surface area contributed by atoms with Crippen molar-refractivity contribution in [2.45, 2.75) is 25.8 Å². The van der Waals surface area contributed by atoms with Gasteiger partial charge in [-0.15, -0.1) is 0 Å². The number of urea groups is 1. The predicted molar refractivity (Wildman–Crippen MR) is 90.3 cm³/mol. The second kappa shape index (κ2) is 6.59. The van der Waals surface area contributed by atoms with Crippen LogP contribution in [0.5, 0.6) is 0 Å². The van der Waals surface area contributed by atoms with E-state index in [1.54, 1.807) is 17.0 Å². The van der Waals surface area contributed by atoms with Gasteiger partial charge in [0.15, 0.2) is 0 Å². The fraction of sp³-hybridized carbons (Fsp3) is 0.278. The second-order valence-electron chi connectivity index (χ2n) is 5.80. The molecule has 120 valence electrons. The van der Waals surface area contributed by atoms with Crippen LogP contribution in [0.2, 0.25) is 5.02 Å². The Morgan fingerprint density at radius 3 is 2.87 bits per heavy atom. The summed E-state index contributed by atoms with van der Waals surface area (Å²) in [6, 6.07) is 11.6. The van der Waals surface area contributed by atoms with Crippen LogP contribution < -0.4 is 5.32 Å². The Kier molecular flexibility index (Phi) is 4.53. The smallest absolute Gasteiger partial charge is 0.317 e. The van der Waals surface area contributed by atoms with E-state index < -0.39 is 0 Å². The van der Waals surface area contributed by atoms with Crippen molar-refractivity contribution in [3.05, 3.63) is 64.4 Å². The maximum Gasteiger partial charge on any atom is 0.322 e. The normalized spacial score (nSPS) is 17.3. The zero-order chi connectivity index (χ0) is 16.4. The Morgan fingerprint density at radius 1 is 1.30 bits per heavy atom. The molecule has 1 fully saturated rings. The first-order chi connectivity index (χ1) is 11.0. The molecule has 0 bridgehead atoms. The third-order valence-corrected chi connectivity index (χ3v) is 4.58. The molecule has 1 heterocycles. The van der Waals surface area contributed by atoms with E-state index in [9.17, 15) is 9.18 Å². The molecule has 1 aliphatic heterocycles. The highest BCUT2D eigenvalue weighted by Crippen LogP contribution is 2.32. The molecule has 1 atom stereocenters. The van der Waals surface area contributed by atoms with Crippen molar-refractivity contribution in [2.24, 2.45) is 0 Å². The van der Waals surface area contributed by atoms with Gasteiger partial charge in [0.05, 0.1) is 6.04 Å². The van der Waals surface area contributed by atoms with Gasteiger partial charge in [-0.1, -0.05) is 29.8 Å². The van der Waals surface area contributed by atoms with Gasteiger partial charge < -0.3 is 10.2 Å². The molecule has 3 rings (SSSR count). The van der Waals surface area contributed by atoms with Gasteiger partial charge >= 0.3 is 6.03 Å². The number of amides is 2. The largest absolute Gasteiger partial charge is 0.322 e. The molecule has 0 aliphatic carbocycles. The van der Waals surface area contributed by atoms with Crippen LogP contribution in [-0.2, 0) is 0 Å². The van der Waals surface area contributed by atoms with Crippen LogP contribution in [0.4, 0.5) is 14.9 Å². The Bertz CT molecular complexity index is 735. The molecule has 1 aliphatic rings. The number of anilines is 1. The number of halogens is 2. The summed E-state index contributed by atoms with van der Waals surface area (Å²) in [4.78, 5) is 14.3. The van der Waals surface area contributed by atoms with Crippen LogP contribution in [0.3, 0.4) is 0 Å². The fourth-order valence-corrected chi connectivity index (χ4v) is 3.12. The molecule has 5 heteroatoms. The number of aryl methyl sites for hydroxylation is 1. The maximum absolute atomic E-state index is 13.4. The average molecular weight is 333 g/mol. The van der Waals surface area contributed by atoms with Crippen molar-refractivity contribution in [3.8, 4) is 0 Å². The second-order valence-corrected chi connectivity index (χ2v) is 6.21. The number of rotatable bonds is 2. The standard InChI is InChI=1S/C18H18ClFN2O/c1-12-7-8-15(11-16(12)19)21-18(23)22-9-3-6-17(22)13-4-2-5-14(20)10-13/h2,4-5,7-8,10-11,17H,3,6,9H2,1H3,(H,21,23)/t17-/m0/s1. The average Bonchev–Trinajstić information content (AvgIpc) is 3.00. The Balaban J connectivity index is 1.76. The van der Waals surface area contributed by atoms with E-state index in [4.69, 9.17) is 11.6 Å². The summed E-state index contributed by atoms with van der Waals surface area (Å²) in [6.45, 7) is 2.57. The highest BCUT2D eigenvalue weighted by Gasteiger charge is 2.30. The first kappa shape index (κ1) is 15.8. The zero-order valence-corrected chi connectivity index (χ0v) is 13.6. The number of nitrogens with one attached hydrogen (secondary N) is 1. The van der Waals surface area contributed by atoms with Crippen LogP contribution >= 0.6 is 11.6 Å². The molecule has 23 heavy (non-hydrogen) atoms. The lowest BCUT2D eigenvalue weighted by Crippen LogP contribution is -2.34. The third kappa shape index (κ3) is 3.48. The van der Waals surface area contributed by atoms with E-state index in [-0.39, 0.29) is 17.9 Å². The number of nitrogens with zero attached hydrogens (tertiary/aromatic N) is 1. The predicted octanol–water partition coefficient (Wildman–Crippen LogP) is 5.16. The summed E-state index contributed by atoms with van der Waals surface area (Å²) >= 11 is 6.09. The molecule has 2 amide bonds. The molecule has 0 spiro atoms. The number of hydrogen-bond acceptors (Lipinski definition) is 1. The first-order valence-electron chi connectivity index (χ1n) is 7.64. The molecule has 1 N–H and O–H groups in total. The minimum Gasteiger partial charge on any atom is -0.317 e. The van der Waals surface area contributed by atoms with Gasteiger partial charge in [-0.05, 0) is 55.2 Å². The minimum atomic E-state index is -0.278. The van der Waals surface area contributed by atoms with Gasteiger partial charge in [0.1, 0.15) is 5.82 Å². The molecular formula is C18H18ClFN2O. The Labute approximate surface area is 140 Å². The zero-order valence-electron chi connectivity index (χ0n) is 12.9.